The van der Waals surface area contributed by atoms with Crippen LogP contribution in [0.25, 0.3) is 0 Å². The van der Waals surface area contributed by atoms with Crippen LogP contribution in [-0.4, -0.2) is 4.98 Å². The number of hydrogen-bond donors (Lipinski definition) is 1. The summed E-state index contributed by atoms with van der Waals surface area (Å²) in [4.78, 5) is 4.34. The molecule has 2 nitrogen and oxygen atoms in total. The van der Waals surface area contributed by atoms with Crippen LogP contribution in [0, 0.1) is 36.5 Å². The molecule has 1 aromatic rings. The summed E-state index contributed by atoms with van der Waals surface area (Å²) in [5.74, 6) is 4.57. The Bertz CT molecular complexity index is 454. The smallest absolute Gasteiger partial charge is 0.0344 e. The molecule has 1 aromatic heterocycles. The molecule has 0 aromatic carbocycles. The summed E-state index contributed by atoms with van der Waals surface area (Å²) in [6.45, 7) is 2.11. The average molecular weight is 256 g/mol. The predicted molar refractivity (Wildman–Crippen MR) is 76.4 cm³/mol. The topological polar surface area (TPSA) is 38.9 Å². The molecule has 0 radical (unpaired) electrons. The van der Waals surface area contributed by atoms with Gasteiger partial charge in [0, 0.05) is 18.4 Å². The molecule has 1 heterocycles. The van der Waals surface area contributed by atoms with Gasteiger partial charge in [-0.15, -0.1) is 0 Å². The molecule has 0 amide bonds. The third kappa shape index (κ3) is 1.92. The number of aromatic nitrogens is 1. The van der Waals surface area contributed by atoms with Gasteiger partial charge >= 0.3 is 0 Å². The normalized spacial score (nSPS) is 41.5. The predicted octanol–water partition coefficient (Wildman–Crippen LogP) is 3.46. The van der Waals surface area contributed by atoms with Crippen LogP contribution in [0.1, 0.15) is 49.3 Å². The molecule has 4 bridgehead atoms. The van der Waals surface area contributed by atoms with Crippen LogP contribution in [-0.2, 0) is 0 Å². The van der Waals surface area contributed by atoms with Crippen molar-refractivity contribution in [1.82, 2.24) is 4.98 Å². The van der Waals surface area contributed by atoms with Gasteiger partial charge in [-0.05, 0) is 79.7 Å². The van der Waals surface area contributed by atoms with E-state index in [0.29, 0.717) is 0 Å². The van der Waals surface area contributed by atoms with Gasteiger partial charge in [0.15, 0.2) is 0 Å². The Morgan fingerprint density at radius 2 is 1.68 bits per heavy atom. The Kier molecular flexibility index (Phi) is 2.70. The van der Waals surface area contributed by atoms with E-state index in [9.17, 15) is 0 Å². The van der Waals surface area contributed by atoms with Crippen LogP contribution in [0.2, 0.25) is 0 Å². The molecule has 4 saturated carbocycles. The maximum Gasteiger partial charge on any atom is 0.0344 e. The standard InChI is InChI=1S/C17H24N2/c1-10-2-15(9-19-8-10)17(18)16-13-4-11-3-12(6-13)7-14(16)5-11/h2,8-9,11-14,16-17H,3-7,18H2,1H3. The van der Waals surface area contributed by atoms with Gasteiger partial charge in [-0.25, -0.2) is 0 Å². The minimum Gasteiger partial charge on any atom is -0.324 e. The lowest BCUT2D eigenvalue weighted by molar-refractivity contribution is -0.0472. The van der Waals surface area contributed by atoms with Crippen molar-refractivity contribution in [2.45, 2.75) is 45.1 Å². The number of nitrogens with zero attached hydrogens (tertiary/aromatic N) is 1. The maximum absolute atomic E-state index is 6.65. The first-order valence-corrected chi connectivity index (χ1v) is 7.88. The number of pyridine rings is 1. The zero-order valence-corrected chi connectivity index (χ0v) is 11.8. The van der Waals surface area contributed by atoms with E-state index in [1.165, 1.54) is 43.2 Å². The van der Waals surface area contributed by atoms with Crippen LogP contribution in [0.3, 0.4) is 0 Å². The molecule has 19 heavy (non-hydrogen) atoms. The van der Waals surface area contributed by atoms with Crippen molar-refractivity contribution in [3.05, 3.63) is 29.6 Å². The van der Waals surface area contributed by atoms with E-state index in [-0.39, 0.29) is 6.04 Å². The molecule has 1 atom stereocenters. The number of aryl methyl sites for hydroxylation is 1. The van der Waals surface area contributed by atoms with Crippen molar-refractivity contribution >= 4 is 0 Å². The molecule has 0 aliphatic heterocycles. The quantitative estimate of drug-likeness (QED) is 0.880. The summed E-state index contributed by atoms with van der Waals surface area (Å²) in [6, 6.07) is 2.45. The molecular weight excluding hydrogens is 232 g/mol. The Labute approximate surface area is 115 Å². The monoisotopic (exact) mass is 256 g/mol. The van der Waals surface area contributed by atoms with Crippen LogP contribution >= 0.6 is 0 Å². The van der Waals surface area contributed by atoms with Gasteiger partial charge in [-0.1, -0.05) is 6.07 Å². The highest BCUT2D eigenvalue weighted by Gasteiger charge is 2.50. The second kappa shape index (κ2) is 4.31. The van der Waals surface area contributed by atoms with Crippen molar-refractivity contribution in [2.24, 2.45) is 35.3 Å². The Balaban J connectivity index is 1.62. The highest BCUT2D eigenvalue weighted by atomic mass is 14.7. The van der Waals surface area contributed by atoms with Gasteiger partial charge in [-0.3, -0.25) is 4.98 Å². The van der Waals surface area contributed by atoms with Crippen molar-refractivity contribution in [3.63, 3.8) is 0 Å². The lowest BCUT2D eigenvalue weighted by Gasteiger charge is -2.56. The fourth-order valence-corrected chi connectivity index (χ4v) is 5.54. The summed E-state index contributed by atoms with van der Waals surface area (Å²) < 4.78 is 0. The second-order valence-corrected chi connectivity index (χ2v) is 7.33. The van der Waals surface area contributed by atoms with E-state index < -0.39 is 0 Å². The molecular formula is C17H24N2. The molecule has 2 N–H and O–H groups in total. The van der Waals surface area contributed by atoms with Gasteiger partial charge in [0.05, 0.1) is 0 Å². The first-order valence-electron chi connectivity index (χ1n) is 7.88. The van der Waals surface area contributed by atoms with Crippen molar-refractivity contribution < 1.29 is 0 Å². The number of hydrogen-bond acceptors (Lipinski definition) is 2. The van der Waals surface area contributed by atoms with Gasteiger partial charge < -0.3 is 5.73 Å². The van der Waals surface area contributed by atoms with Gasteiger partial charge in [-0.2, -0.15) is 0 Å². The third-order valence-corrected chi connectivity index (χ3v) is 6.00. The Morgan fingerprint density at radius 1 is 1.05 bits per heavy atom. The first kappa shape index (κ1) is 11.9. The number of rotatable bonds is 2. The van der Waals surface area contributed by atoms with E-state index in [1.54, 1.807) is 0 Å². The van der Waals surface area contributed by atoms with Crippen molar-refractivity contribution in [3.8, 4) is 0 Å². The SMILES string of the molecule is Cc1cncc(C(N)C2C3CC4CC(C3)CC2C4)c1. The van der Waals surface area contributed by atoms with Crippen molar-refractivity contribution in [2.75, 3.05) is 0 Å². The van der Waals surface area contributed by atoms with E-state index >= 15 is 0 Å². The van der Waals surface area contributed by atoms with E-state index in [2.05, 4.69) is 18.0 Å². The fraction of sp³-hybridized carbons (Fsp3) is 0.706. The maximum atomic E-state index is 6.65. The highest BCUT2D eigenvalue weighted by Crippen LogP contribution is 2.58. The Hall–Kier alpha value is -0.890. The molecule has 4 aliphatic rings. The van der Waals surface area contributed by atoms with Gasteiger partial charge in [0.1, 0.15) is 0 Å². The van der Waals surface area contributed by atoms with Crippen LogP contribution in [0.5, 0.6) is 0 Å². The fourth-order valence-electron chi connectivity index (χ4n) is 5.54. The lowest BCUT2D eigenvalue weighted by Crippen LogP contribution is -2.48. The molecule has 1 unspecified atom stereocenters. The molecule has 5 rings (SSSR count). The first-order chi connectivity index (χ1) is 9.20. The third-order valence-electron chi connectivity index (χ3n) is 6.00. The highest BCUT2D eigenvalue weighted by molar-refractivity contribution is 5.22. The summed E-state index contributed by atoms with van der Waals surface area (Å²) in [7, 11) is 0. The number of nitrogens with two attached hydrogens (primary N) is 1. The lowest BCUT2D eigenvalue weighted by atomic mass is 9.50. The zero-order chi connectivity index (χ0) is 13.0. The minimum absolute atomic E-state index is 0.211. The summed E-state index contributed by atoms with van der Waals surface area (Å²) >= 11 is 0. The van der Waals surface area contributed by atoms with Crippen LogP contribution in [0.4, 0.5) is 0 Å². The molecule has 4 aliphatic carbocycles. The van der Waals surface area contributed by atoms with E-state index in [1.807, 2.05) is 12.4 Å². The largest absolute Gasteiger partial charge is 0.324 e. The zero-order valence-electron chi connectivity index (χ0n) is 11.8. The summed E-state index contributed by atoms with van der Waals surface area (Å²) in [5.41, 5.74) is 9.14. The summed E-state index contributed by atoms with van der Waals surface area (Å²) in [5, 5.41) is 0. The summed E-state index contributed by atoms with van der Waals surface area (Å²) in [6.07, 6.45) is 11.2. The molecule has 2 heteroatoms. The van der Waals surface area contributed by atoms with Crippen molar-refractivity contribution in [1.29, 1.82) is 0 Å². The van der Waals surface area contributed by atoms with Crippen LogP contribution in [0.15, 0.2) is 18.5 Å². The van der Waals surface area contributed by atoms with Gasteiger partial charge in [0.2, 0.25) is 0 Å². The minimum atomic E-state index is 0.211. The average Bonchev–Trinajstić information content (AvgIpc) is 2.37. The van der Waals surface area contributed by atoms with Gasteiger partial charge in [0.25, 0.3) is 0 Å². The molecule has 4 fully saturated rings. The molecule has 0 saturated heterocycles. The Morgan fingerprint density at radius 3 is 2.26 bits per heavy atom. The van der Waals surface area contributed by atoms with E-state index in [4.69, 9.17) is 5.73 Å². The molecule has 0 spiro atoms. The van der Waals surface area contributed by atoms with Crippen LogP contribution < -0.4 is 5.73 Å². The molecule has 102 valence electrons. The second-order valence-electron chi connectivity index (χ2n) is 7.33. The van der Waals surface area contributed by atoms with E-state index in [0.717, 1.165) is 29.6 Å².